The van der Waals surface area contributed by atoms with Crippen LogP contribution >= 0.6 is 11.8 Å². The average Bonchev–Trinajstić information content (AvgIpc) is 3.56. The van der Waals surface area contributed by atoms with Gasteiger partial charge in [-0.3, -0.25) is 9.38 Å². The van der Waals surface area contributed by atoms with Crippen LogP contribution in [0.5, 0.6) is 0 Å². The van der Waals surface area contributed by atoms with Gasteiger partial charge in [-0.25, -0.2) is 14.8 Å². The molecule has 2 aliphatic rings. The minimum atomic E-state index is -0.528. The molecule has 2 fully saturated rings. The first-order valence-electron chi connectivity index (χ1n) is 13.4. The summed E-state index contributed by atoms with van der Waals surface area (Å²) >= 11 is 1.66. The highest BCUT2D eigenvalue weighted by molar-refractivity contribution is 7.99. The van der Waals surface area contributed by atoms with Crippen molar-refractivity contribution < 1.29 is 9.53 Å². The summed E-state index contributed by atoms with van der Waals surface area (Å²) in [4.78, 5) is 31.3. The van der Waals surface area contributed by atoms with Crippen LogP contribution in [0.3, 0.4) is 0 Å². The molecule has 1 amide bonds. The van der Waals surface area contributed by atoms with Gasteiger partial charge in [-0.2, -0.15) is 0 Å². The number of fused-ring (bicyclic) bond motifs is 2. The van der Waals surface area contributed by atoms with E-state index in [9.17, 15) is 4.79 Å². The Hall–Kier alpha value is -3.33. The van der Waals surface area contributed by atoms with Gasteiger partial charge in [0.25, 0.3) is 0 Å². The number of amides is 1. The number of hydrogen-bond acceptors (Lipinski definition) is 7. The van der Waals surface area contributed by atoms with Crippen molar-refractivity contribution in [2.75, 3.05) is 18.0 Å². The lowest BCUT2D eigenvalue weighted by atomic mass is 9.73. The molecular weight excluding hydrogens is 496 g/mol. The molecule has 1 aromatic carbocycles. The second-order valence-electron chi connectivity index (χ2n) is 11.4. The lowest BCUT2D eigenvalue weighted by Gasteiger charge is -2.46. The van der Waals surface area contributed by atoms with Crippen molar-refractivity contribution in [2.24, 2.45) is 5.41 Å². The van der Waals surface area contributed by atoms with Crippen molar-refractivity contribution in [3.63, 3.8) is 0 Å². The molecule has 1 saturated heterocycles. The molecule has 1 aliphatic carbocycles. The van der Waals surface area contributed by atoms with Gasteiger partial charge < -0.3 is 15.0 Å². The number of pyridine rings is 1. The molecule has 1 saturated carbocycles. The number of nitrogens with zero attached hydrogens (tertiary/aromatic N) is 5. The topological polar surface area (TPSA) is 84.6 Å². The first-order chi connectivity index (χ1) is 18.3. The summed E-state index contributed by atoms with van der Waals surface area (Å²) in [7, 11) is 0. The van der Waals surface area contributed by atoms with Crippen LogP contribution in [0.15, 0.2) is 64.9 Å². The number of anilines is 1. The van der Waals surface area contributed by atoms with Crippen LogP contribution in [-0.2, 0) is 4.74 Å². The van der Waals surface area contributed by atoms with Crippen LogP contribution in [0.4, 0.5) is 10.7 Å². The predicted octanol–water partition coefficient (Wildman–Crippen LogP) is 6.09. The van der Waals surface area contributed by atoms with E-state index in [4.69, 9.17) is 14.7 Å². The van der Waals surface area contributed by atoms with Crippen LogP contribution in [-0.4, -0.2) is 50.2 Å². The van der Waals surface area contributed by atoms with E-state index in [2.05, 4.69) is 25.7 Å². The minimum Gasteiger partial charge on any atom is -0.444 e. The number of alkyl carbamates (subject to hydrolysis) is 1. The van der Waals surface area contributed by atoms with Gasteiger partial charge in [0.15, 0.2) is 5.65 Å². The number of ether oxygens (including phenoxy) is 1. The maximum absolute atomic E-state index is 12.8. The van der Waals surface area contributed by atoms with Crippen molar-refractivity contribution in [1.29, 1.82) is 0 Å². The fraction of sp³-hybridized carbons (Fsp3) is 0.448. The van der Waals surface area contributed by atoms with Gasteiger partial charge in [-0.1, -0.05) is 42.8 Å². The molecule has 1 aliphatic heterocycles. The molecule has 198 valence electrons. The van der Waals surface area contributed by atoms with Crippen LogP contribution in [0.1, 0.15) is 52.9 Å². The summed E-state index contributed by atoms with van der Waals surface area (Å²) in [6.45, 7) is 7.30. The van der Waals surface area contributed by atoms with Gasteiger partial charge in [0.1, 0.15) is 5.60 Å². The maximum Gasteiger partial charge on any atom is 0.407 e. The molecule has 4 aromatic rings. The average molecular weight is 531 g/mol. The second kappa shape index (κ2) is 9.76. The molecule has 0 bridgehead atoms. The molecule has 0 radical (unpaired) electrons. The third kappa shape index (κ3) is 4.79. The van der Waals surface area contributed by atoms with Gasteiger partial charge >= 0.3 is 6.09 Å². The van der Waals surface area contributed by atoms with Crippen molar-refractivity contribution in [3.8, 4) is 0 Å². The monoisotopic (exact) mass is 530 g/mol. The summed E-state index contributed by atoms with van der Waals surface area (Å²) in [6, 6.07) is 10.2. The second-order valence-corrected chi connectivity index (χ2v) is 12.5. The largest absolute Gasteiger partial charge is 0.444 e. The number of carbonyl (C=O) groups is 1. The van der Waals surface area contributed by atoms with Gasteiger partial charge in [0, 0.05) is 48.2 Å². The van der Waals surface area contributed by atoms with Gasteiger partial charge in [-0.05, 0) is 57.6 Å². The molecule has 1 spiro atoms. The number of piperidine rings is 1. The lowest BCUT2D eigenvalue weighted by Crippen LogP contribution is -2.58. The minimum absolute atomic E-state index is 0.00575. The number of benzene rings is 1. The van der Waals surface area contributed by atoms with Gasteiger partial charge in [-0.15, -0.1) is 0 Å². The number of nitrogens with one attached hydrogen (secondary N) is 1. The third-order valence-corrected chi connectivity index (χ3v) is 8.88. The van der Waals surface area contributed by atoms with Gasteiger partial charge in [0.05, 0.1) is 16.5 Å². The number of hydrogen-bond donors (Lipinski definition) is 1. The van der Waals surface area contributed by atoms with Gasteiger partial charge in [0.2, 0.25) is 5.95 Å². The number of imidazole rings is 1. The zero-order valence-corrected chi connectivity index (χ0v) is 23.0. The van der Waals surface area contributed by atoms with E-state index in [-0.39, 0.29) is 17.6 Å². The van der Waals surface area contributed by atoms with E-state index < -0.39 is 5.60 Å². The quantitative estimate of drug-likeness (QED) is 0.342. The highest BCUT2D eigenvalue weighted by Gasteiger charge is 2.46. The Morgan fingerprint density at radius 1 is 1.05 bits per heavy atom. The fourth-order valence-corrected chi connectivity index (χ4v) is 7.01. The summed E-state index contributed by atoms with van der Waals surface area (Å²) in [5, 5.41) is 4.36. The molecule has 4 heterocycles. The Morgan fingerprint density at radius 3 is 2.68 bits per heavy atom. The van der Waals surface area contributed by atoms with Crippen molar-refractivity contribution in [2.45, 2.75) is 74.3 Å². The Kier molecular flexibility index (Phi) is 6.42. The SMILES string of the molecule is CC(C)(C)OC(=O)NC1CN(c2ncc(Sc3ccnc4ccccc34)c3nccn23)CCC12CCCC2. The Labute approximate surface area is 227 Å². The summed E-state index contributed by atoms with van der Waals surface area (Å²) in [5.41, 5.74) is 1.44. The molecular formula is C29H34N6O2S. The van der Waals surface area contributed by atoms with Crippen LogP contribution in [0, 0.1) is 5.41 Å². The molecule has 6 rings (SSSR count). The standard InChI is InChI=1S/C29H34N6O2S/c1-28(2,3)37-27(36)33-24-19-34(16-13-29(24)11-6-7-12-29)26-32-18-23(25-31-15-17-35(25)26)38-22-10-14-30-21-9-5-4-8-20(21)22/h4-5,8-10,14-15,17-18,24H,6-7,11-13,16,19H2,1-3H3,(H,33,36). The Balaban J connectivity index is 1.28. The van der Waals surface area contributed by atoms with E-state index in [0.717, 1.165) is 58.1 Å². The van der Waals surface area contributed by atoms with E-state index in [1.807, 2.05) is 69.8 Å². The summed E-state index contributed by atoms with van der Waals surface area (Å²) < 4.78 is 7.71. The van der Waals surface area contributed by atoms with Crippen LogP contribution in [0.2, 0.25) is 0 Å². The zero-order valence-electron chi connectivity index (χ0n) is 22.2. The molecule has 3 aromatic heterocycles. The Morgan fingerprint density at radius 2 is 1.87 bits per heavy atom. The lowest BCUT2D eigenvalue weighted by molar-refractivity contribution is 0.0420. The highest BCUT2D eigenvalue weighted by atomic mass is 32.2. The third-order valence-electron chi connectivity index (χ3n) is 7.80. The summed E-state index contributed by atoms with van der Waals surface area (Å²) in [6.07, 6.45) is 13.0. The Bertz CT molecular complexity index is 1470. The smallest absolute Gasteiger partial charge is 0.407 e. The van der Waals surface area contributed by atoms with Crippen molar-refractivity contribution in [3.05, 3.63) is 55.1 Å². The zero-order chi connectivity index (χ0) is 26.3. The number of para-hydroxylation sites is 1. The molecule has 9 heteroatoms. The highest BCUT2D eigenvalue weighted by Crippen LogP contribution is 2.47. The summed E-state index contributed by atoms with van der Waals surface area (Å²) in [5.74, 6) is 0.852. The maximum atomic E-state index is 12.8. The van der Waals surface area contributed by atoms with E-state index in [0.29, 0.717) is 6.54 Å². The molecule has 1 atom stereocenters. The molecule has 38 heavy (non-hydrogen) atoms. The number of aromatic nitrogens is 4. The molecule has 1 unspecified atom stereocenters. The van der Waals surface area contributed by atoms with Crippen molar-refractivity contribution >= 4 is 40.4 Å². The number of carbonyl (C=O) groups excluding carboxylic acids is 1. The number of rotatable bonds is 4. The first-order valence-corrected chi connectivity index (χ1v) is 14.2. The van der Waals surface area contributed by atoms with E-state index in [1.165, 1.54) is 12.8 Å². The van der Waals surface area contributed by atoms with Crippen molar-refractivity contribution in [1.82, 2.24) is 24.7 Å². The molecule has 1 N–H and O–H groups in total. The molecule has 8 nitrogen and oxygen atoms in total. The van der Waals surface area contributed by atoms with E-state index in [1.54, 1.807) is 11.8 Å². The van der Waals surface area contributed by atoms with E-state index >= 15 is 0 Å². The van der Waals surface area contributed by atoms with Crippen LogP contribution < -0.4 is 10.2 Å². The predicted molar refractivity (Wildman–Crippen MR) is 150 cm³/mol. The normalized spacial score (nSPS) is 19.3. The van der Waals surface area contributed by atoms with Crippen LogP contribution in [0.25, 0.3) is 16.6 Å². The fourth-order valence-electron chi connectivity index (χ4n) is 6.01. The first kappa shape index (κ1) is 25.0.